The van der Waals surface area contributed by atoms with Crippen LogP contribution in [0, 0.1) is 12.7 Å². The first kappa shape index (κ1) is 19.1. The molecule has 0 aliphatic carbocycles. The third-order valence-electron chi connectivity index (χ3n) is 3.51. The van der Waals surface area contributed by atoms with Crippen LogP contribution in [-0.2, 0) is 4.79 Å². The predicted octanol–water partition coefficient (Wildman–Crippen LogP) is 4.55. The molecule has 1 amide bonds. The first-order chi connectivity index (χ1) is 11.9. The lowest BCUT2D eigenvalue weighted by Gasteiger charge is -2.14. The lowest BCUT2D eigenvalue weighted by molar-refractivity contribution is -0.123. The van der Waals surface area contributed by atoms with Crippen molar-refractivity contribution in [2.24, 2.45) is 5.10 Å². The number of ether oxygens (including phenoxy) is 1. The van der Waals surface area contributed by atoms with Gasteiger partial charge in [-0.25, -0.2) is 9.82 Å². The van der Waals surface area contributed by atoms with Crippen LogP contribution < -0.4 is 10.2 Å². The zero-order valence-electron chi connectivity index (χ0n) is 14.3. The summed E-state index contributed by atoms with van der Waals surface area (Å²) in [5.41, 5.74) is 4.72. The zero-order chi connectivity index (χ0) is 18.4. The Bertz CT molecular complexity index is 791. The molecule has 0 atom stereocenters. The monoisotopic (exact) mass is 406 g/mol. The number of hydrogen-bond donors (Lipinski definition) is 1. The van der Waals surface area contributed by atoms with Gasteiger partial charge in [0.15, 0.2) is 6.61 Å². The Labute approximate surface area is 155 Å². The smallest absolute Gasteiger partial charge is 0.277 e. The molecule has 25 heavy (non-hydrogen) atoms. The van der Waals surface area contributed by atoms with Crippen molar-refractivity contribution in [1.29, 1.82) is 0 Å². The number of carbonyl (C=O) groups is 1. The molecule has 0 heterocycles. The van der Waals surface area contributed by atoms with E-state index in [-0.39, 0.29) is 18.1 Å². The topological polar surface area (TPSA) is 50.7 Å². The summed E-state index contributed by atoms with van der Waals surface area (Å²) in [7, 11) is 0. The summed E-state index contributed by atoms with van der Waals surface area (Å²) in [6.07, 6.45) is 1.26. The quantitative estimate of drug-likeness (QED) is 0.564. The number of carbonyl (C=O) groups excluding carboxylic acids is 1. The number of nitrogens with zero attached hydrogens (tertiary/aromatic N) is 1. The molecule has 0 saturated carbocycles. The molecule has 0 radical (unpaired) electrons. The van der Waals surface area contributed by atoms with Gasteiger partial charge in [0.05, 0.1) is 6.21 Å². The lowest BCUT2D eigenvalue weighted by atomic mass is 10.0. The van der Waals surface area contributed by atoms with Crippen LogP contribution >= 0.6 is 15.9 Å². The highest BCUT2D eigenvalue weighted by atomic mass is 79.9. The maximum absolute atomic E-state index is 13.6. The maximum atomic E-state index is 13.6. The van der Waals surface area contributed by atoms with Gasteiger partial charge in [0.25, 0.3) is 5.91 Å². The van der Waals surface area contributed by atoms with Crippen molar-refractivity contribution in [3.05, 3.63) is 63.4 Å². The van der Waals surface area contributed by atoms with Crippen LogP contribution in [-0.4, -0.2) is 18.7 Å². The van der Waals surface area contributed by atoms with Crippen molar-refractivity contribution in [2.75, 3.05) is 6.61 Å². The molecule has 0 unspecified atom stereocenters. The van der Waals surface area contributed by atoms with Crippen LogP contribution in [0.4, 0.5) is 4.39 Å². The highest BCUT2D eigenvalue weighted by Crippen LogP contribution is 2.27. The van der Waals surface area contributed by atoms with E-state index in [1.165, 1.54) is 12.3 Å². The van der Waals surface area contributed by atoms with Crippen LogP contribution in [0.15, 0.2) is 46.0 Å². The minimum Gasteiger partial charge on any atom is -0.483 e. The van der Waals surface area contributed by atoms with Crippen LogP contribution in [0.5, 0.6) is 5.75 Å². The Morgan fingerprint density at radius 2 is 2.08 bits per heavy atom. The number of nitrogens with one attached hydrogen (secondary N) is 1. The predicted molar refractivity (Wildman–Crippen MR) is 101 cm³/mol. The molecule has 0 fully saturated rings. The van der Waals surface area contributed by atoms with E-state index in [4.69, 9.17) is 4.74 Å². The van der Waals surface area contributed by atoms with E-state index >= 15 is 0 Å². The zero-order valence-corrected chi connectivity index (χ0v) is 15.9. The fourth-order valence-corrected chi connectivity index (χ4v) is 2.53. The number of aryl methyl sites for hydroxylation is 1. The van der Waals surface area contributed by atoms with Gasteiger partial charge in [0, 0.05) is 10.0 Å². The third-order valence-corrected chi connectivity index (χ3v) is 4.00. The lowest BCUT2D eigenvalue weighted by Crippen LogP contribution is -2.25. The molecule has 2 rings (SSSR count). The minimum atomic E-state index is -0.426. The Kier molecular flexibility index (Phi) is 6.70. The molecule has 132 valence electrons. The second-order valence-electron chi connectivity index (χ2n) is 5.94. The SMILES string of the molecule is Cc1ccc(C(C)C)c(OCC(=O)N/N=C\c2ccc(Br)cc2F)c1. The molecule has 1 N–H and O–H groups in total. The number of hydrazone groups is 1. The minimum absolute atomic E-state index is 0.163. The van der Waals surface area contributed by atoms with Crippen molar-refractivity contribution >= 4 is 28.1 Å². The van der Waals surface area contributed by atoms with Crippen LogP contribution in [0.1, 0.15) is 36.5 Å². The highest BCUT2D eigenvalue weighted by molar-refractivity contribution is 9.10. The molecule has 0 bridgehead atoms. The van der Waals surface area contributed by atoms with Gasteiger partial charge in [-0.2, -0.15) is 5.10 Å². The fourth-order valence-electron chi connectivity index (χ4n) is 2.20. The van der Waals surface area contributed by atoms with Gasteiger partial charge in [-0.15, -0.1) is 0 Å². The number of benzene rings is 2. The average molecular weight is 407 g/mol. The van der Waals surface area contributed by atoms with Gasteiger partial charge in [-0.3, -0.25) is 4.79 Å². The second kappa shape index (κ2) is 8.76. The van der Waals surface area contributed by atoms with E-state index in [2.05, 4.69) is 40.3 Å². The summed E-state index contributed by atoms with van der Waals surface area (Å²) in [5.74, 6) is 0.139. The normalized spacial score (nSPS) is 11.1. The van der Waals surface area contributed by atoms with E-state index in [0.29, 0.717) is 10.2 Å². The Hall–Kier alpha value is -2.21. The second-order valence-corrected chi connectivity index (χ2v) is 6.86. The van der Waals surface area contributed by atoms with Gasteiger partial charge >= 0.3 is 0 Å². The maximum Gasteiger partial charge on any atom is 0.277 e. The van der Waals surface area contributed by atoms with Gasteiger partial charge in [-0.05, 0) is 48.2 Å². The Balaban J connectivity index is 1.93. The summed E-state index contributed by atoms with van der Waals surface area (Å²) >= 11 is 3.18. The largest absolute Gasteiger partial charge is 0.483 e. The number of halogens is 2. The van der Waals surface area contributed by atoms with Crippen LogP contribution in [0.25, 0.3) is 0 Å². The average Bonchev–Trinajstić information content (AvgIpc) is 2.54. The van der Waals surface area contributed by atoms with Crippen molar-refractivity contribution in [1.82, 2.24) is 5.43 Å². The first-order valence-corrected chi connectivity index (χ1v) is 8.66. The van der Waals surface area contributed by atoms with E-state index in [0.717, 1.165) is 11.1 Å². The number of amides is 1. The Morgan fingerprint density at radius 3 is 2.76 bits per heavy atom. The van der Waals surface area contributed by atoms with Crippen molar-refractivity contribution in [3.63, 3.8) is 0 Å². The van der Waals surface area contributed by atoms with E-state index in [1.807, 2.05) is 25.1 Å². The van der Waals surface area contributed by atoms with Crippen molar-refractivity contribution < 1.29 is 13.9 Å². The fraction of sp³-hybridized carbons (Fsp3) is 0.263. The highest BCUT2D eigenvalue weighted by Gasteiger charge is 2.10. The first-order valence-electron chi connectivity index (χ1n) is 7.87. The summed E-state index contributed by atoms with van der Waals surface area (Å²) in [6, 6.07) is 10.5. The van der Waals surface area contributed by atoms with Crippen molar-refractivity contribution in [2.45, 2.75) is 26.7 Å². The molecular weight excluding hydrogens is 387 g/mol. The molecule has 2 aromatic rings. The summed E-state index contributed by atoms with van der Waals surface area (Å²) in [6.45, 7) is 5.93. The molecule has 2 aromatic carbocycles. The van der Waals surface area contributed by atoms with Gasteiger partial charge in [0.2, 0.25) is 0 Å². The molecule has 6 heteroatoms. The Morgan fingerprint density at radius 1 is 1.32 bits per heavy atom. The summed E-state index contributed by atoms with van der Waals surface area (Å²) in [4.78, 5) is 11.9. The van der Waals surface area contributed by atoms with Gasteiger partial charge in [-0.1, -0.05) is 41.9 Å². The number of rotatable bonds is 6. The van der Waals surface area contributed by atoms with E-state index in [1.54, 1.807) is 12.1 Å². The molecule has 0 aliphatic heterocycles. The van der Waals surface area contributed by atoms with E-state index < -0.39 is 11.7 Å². The summed E-state index contributed by atoms with van der Waals surface area (Å²) < 4.78 is 19.9. The summed E-state index contributed by atoms with van der Waals surface area (Å²) in [5, 5.41) is 3.76. The van der Waals surface area contributed by atoms with Crippen molar-refractivity contribution in [3.8, 4) is 5.75 Å². The van der Waals surface area contributed by atoms with Gasteiger partial charge < -0.3 is 4.74 Å². The molecule has 0 spiro atoms. The third kappa shape index (κ3) is 5.67. The molecule has 0 saturated heterocycles. The molecular formula is C19H20BrFN2O2. The van der Waals surface area contributed by atoms with Crippen LogP contribution in [0.2, 0.25) is 0 Å². The molecule has 4 nitrogen and oxygen atoms in total. The molecule has 0 aromatic heterocycles. The van der Waals surface area contributed by atoms with Gasteiger partial charge in [0.1, 0.15) is 11.6 Å². The van der Waals surface area contributed by atoms with E-state index in [9.17, 15) is 9.18 Å². The standard InChI is InChI=1S/C19H20BrFN2O2/c1-12(2)16-7-4-13(3)8-18(16)25-11-19(24)23-22-10-14-5-6-15(20)9-17(14)21/h4-10,12H,11H2,1-3H3,(H,23,24)/b22-10-. The molecule has 0 aliphatic rings. The number of hydrogen-bond acceptors (Lipinski definition) is 3. The van der Waals surface area contributed by atoms with Crippen LogP contribution in [0.3, 0.4) is 0 Å².